The maximum absolute atomic E-state index is 14.5. The first-order valence-corrected chi connectivity index (χ1v) is 8.76. The predicted octanol–water partition coefficient (Wildman–Crippen LogP) is 2.48. The molecule has 9 heteroatoms. The molecule has 0 radical (unpaired) electrons. The summed E-state index contributed by atoms with van der Waals surface area (Å²) in [4.78, 5) is 27.9. The van der Waals surface area contributed by atoms with Crippen LogP contribution in [-0.4, -0.2) is 41.4 Å². The molecule has 0 aliphatic carbocycles. The van der Waals surface area contributed by atoms with E-state index in [-0.39, 0.29) is 30.0 Å². The third kappa shape index (κ3) is 3.88. The van der Waals surface area contributed by atoms with E-state index in [4.69, 9.17) is 5.11 Å². The summed E-state index contributed by atoms with van der Waals surface area (Å²) in [5.74, 6) is -1.95. The van der Waals surface area contributed by atoms with Gasteiger partial charge in [0, 0.05) is 42.9 Å². The number of benzene rings is 1. The molecule has 0 spiro atoms. The van der Waals surface area contributed by atoms with E-state index in [9.17, 15) is 14.0 Å². The Morgan fingerprint density at radius 1 is 1.21 bits per heavy atom. The summed E-state index contributed by atoms with van der Waals surface area (Å²) in [6.45, 7) is -0.324. The summed E-state index contributed by atoms with van der Waals surface area (Å²) in [5, 5.41) is 17.5. The van der Waals surface area contributed by atoms with E-state index in [0.717, 1.165) is 5.56 Å². The van der Waals surface area contributed by atoms with Crippen molar-refractivity contribution in [3.8, 4) is 11.3 Å². The van der Waals surface area contributed by atoms with Crippen LogP contribution in [0.2, 0.25) is 0 Å². The molecule has 0 atom stereocenters. The minimum absolute atomic E-state index is 0.171. The number of carbonyl (C=O) groups excluding carboxylic acids is 1. The number of rotatable bonds is 6. The summed E-state index contributed by atoms with van der Waals surface area (Å²) in [5.41, 5.74) is 2.14. The van der Waals surface area contributed by atoms with Gasteiger partial charge in [-0.2, -0.15) is 10.2 Å². The molecule has 146 valence electrons. The lowest BCUT2D eigenvalue weighted by atomic mass is 10.0. The number of nitrogens with zero attached hydrogens (tertiary/aromatic N) is 5. The van der Waals surface area contributed by atoms with Gasteiger partial charge in [-0.1, -0.05) is 6.07 Å². The highest BCUT2D eigenvalue weighted by Gasteiger charge is 2.15. The number of carboxylic acid groups (broad SMARTS) is 1. The second-order valence-corrected chi connectivity index (χ2v) is 6.63. The number of hydrogen-bond acceptors (Lipinski definition) is 5. The number of fused-ring (bicyclic) bond motifs is 1. The fourth-order valence-corrected chi connectivity index (χ4v) is 3.07. The van der Waals surface area contributed by atoms with Crippen molar-refractivity contribution in [2.24, 2.45) is 7.05 Å². The number of carbonyl (C=O) groups is 2. The Morgan fingerprint density at radius 3 is 2.76 bits per heavy atom. The molecule has 0 fully saturated rings. The van der Waals surface area contributed by atoms with Gasteiger partial charge in [0.15, 0.2) is 5.78 Å². The van der Waals surface area contributed by atoms with Crippen LogP contribution in [0.3, 0.4) is 0 Å². The molecule has 3 aromatic heterocycles. The van der Waals surface area contributed by atoms with Gasteiger partial charge in [0.25, 0.3) is 0 Å². The molecule has 0 aliphatic rings. The third-order valence-electron chi connectivity index (χ3n) is 4.40. The highest BCUT2D eigenvalue weighted by atomic mass is 19.1. The van der Waals surface area contributed by atoms with E-state index in [2.05, 4.69) is 15.2 Å². The average molecular weight is 393 g/mol. The van der Waals surface area contributed by atoms with Crippen LogP contribution in [-0.2, 0) is 24.8 Å². The van der Waals surface area contributed by atoms with E-state index in [1.165, 1.54) is 23.0 Å². The average Bonchev–Trinajstić information content (AvgIpc) is 3.27. The van der Waals surface area contributed by atoms with Crippen molar-refractivity contribution in [1.82, 2.24) is 24.5 Å². The third-order valence-corrected chi connectivity index (χ3v) is 4.40. The van der Waals surface area contributed by atoms with Crippen molar-refractivity contribution in [3.05, 3.63) is 66.0 Å². The second-order valence-electron chi connectivity index (χ2n) is 6.63. The SMILES string of the molecule is Cn1cc(-c2cccc(C(=O)Cc3cc4cn(CC(=O)O)nc4cc3F)n2)cn1. The Kier molecular flexibility index (Phi) is 4.63. The minimum Gasteiger partial charge on any atom is -0.480 e. The second kappa shape index (κ2) is 7.27. The summed E-state index contributed by atoms with van der Waals surface area (Å²) in [6.07, 6.45) is 4.78. The van der Waals surface area contributed by atoms with Crippen molar-refractivity contribution >= 4 is 22.7 Å². The van der Waals surface area contributed by atoms with Gasteiger partial charge in [0.1, 0.15) is 18.1 Å². The molecule has 3 heterocycles. The molecule has 0 aliphatic heterocycles. The first-order chi connectivity index (χ1) is 13.9. The Bertz CT molecular complexity index is 1240. The molecular weight excluding hydrogens is 377 g/mol. The van der Waals surface area contributed by atoms with Crippen LogP contribution >= 0.6 is 0 Å². The molecule has 0 bridgehead atoms. The molecule has 8 nitrogen and oxygen atoms in total. The van der Waals surface area contributed by atoms with E-state index >= 15 is 0 Å². The molecule has 1 N–H and O–H groups in total. The summed E-state index contributed by atoms with van der Waals surface area (Å²) in [6, 6.07) is 7.80. The number of Topliss-reactive ketones (excluding diaryl/α,β-unsaturated/α-hetero) is 1. The fourth-order valence-electron chi connectivity index (χ4n) is 3.07. The van der Waals surface area contributed by atoms with E-state index in [1.54, 1.807) is 42.3 Å². The number of ketones is 1. The van der Waals surface area contributed by atoms with Gasteiger partial charge in [-0.15, -0.1) is 0 Å². The van der Waals surface area contributed by atoms with Gasteiger partial charge in [-0.25, -0.2) is 9.37 Å². The highest BCUT2D eigenvalue weighted by molar-refractivity contribution is 5.96. The van der Waals surface area contributed by atoms with Gasteiger partial charge in [0.2, 0.25) is 0 Å². The number of aryl methyl sites for hydroxylation is 1. The Balaban J connectivity index is 1.60. The zero-order valence-corrected chi connectivity index (χ0v) is 15.4. The van der Waals surface area contributed by atoms with E-state index < -0.39 is 11.8 Å². The fraction of sp³-hybridized carbons (Fsp3) is 0.150. The van der Waals surface area contributed by atoms with Crippen molar-refractivity contribution in [1.29, 1.82) is 0 Å². The molecule has 0 saturated heterocycles. The van der Waals surface area contributed by atoms with Crippen LogP contribution in [0.1, 0.15) is 16.1 Å². The summed E-state index contributed by atoms with van der Waals surface area (Å²) < 4.78 is 17.3. The number of halogens is 1. The number of carboxylic acids is 1. The van der Waals surface area contributed by atoms with Crippen LogP contribution in [0.4, 0.5) is 4.39 Å². The molecule has 1 aromatic carbocycles. The van der Waals surface area contributed by atoms with E-state index in [0.29, 0.717) is 16.6 Å². The molecule has 0 saturated carbocycles. The van der Waals surface area contributed by atoms with Crippen LogP contribution < -0.4 is 0 Å². The predicted molar refractivity (Wildman–Crippen MR) is 102 cm³/mol. The molecule has 29 heavy (non-hydrogen) atoms. The lowest BCUT2D eigenvalue weighted by Crippen LogP contribution is -2.08. The van der Waals surface area contributed by atoms with Crippen LogP contribution in [0, 0.1) is 5.82 Å². The number of aliphatic carboxylic acids is 1. The van der Waals surface area contributed by atoms with Crippen LogP contribution in [0.5, 0.6) is 0 Å². The number of pyridine rings is 1. The van der Waals surface area contributed by atoms with Crippen molar-refractivity contribution in [2.75, 3.05) is 0 Å². The Labute approximate surface area is 164 Å². The van der Waals surface area contributed by atoms with Crippen LogP contribution in [0.15, 0.2) is 48.9 Å². The maximum Gasteiger partial charge on any atom is 0.325 e. The molecular formula is C20H16FN5O3. The van der Waals surface area contributed by atoms with E-state index in [1.807, 2.05) is 0 Å². The molecule has 4 rings (SSSR count). The van der Waals surface area contributed by atoms with Gasteiger partial charge in [-0.05, 0) is 23.8 Å². The molecule has 0 amide bonds. The van der Waals surface area contributed by atoms with Crippen molar-refractivity contribution < 1.29 is 19.1 Å². The summed E-state index contributed by atoms with van der Waals surface area (Å²) in [7, 11) is 1.79. The largest absolute Gasteiger partial charge is 0.480 e. The first-order valence-electron chi connectivity index (χ1n) is 8.76. The Morgan fingerprint density at radius 2 is 2.03 bits per heavy atom. The lowest BCUT2D eigenvalue weighted by Gasteiger charge is -2.05. The van der Waals surface area contributed by atoms with Crippen molar-refractivity contribution in [2.45, 2.75) is 13.0 Å². The standard InChI is InChI=1S/C20H16FN5O3/c1-25-9-14(8-22-25)16-3-2-4-17(23-16)19(27)6-12-5-13-10-26(11-20(28)29)24-18(13)7-15(12)21/h2-5,7-10H,6,11H2,1H3,(H,28,29). The normalized spacial score (nSPS) is 11.1. The number of aromatic nitrogens is 5. The first kappa shape index (κ1) is 18.5. The lowest BCUT2D eigenvalue weighted by molar-refractivity contribution is -0.137. The molecule has 4 aromatic rings. The monoisotopic (exact) mass is 393 g/mol. The zero-order chi connectivity index (χ0) is 20.5. The minimum atomic E-state index is -1.05. The summed E-state index contributed by atoms with van der Waals surface area (Å²) >= 11 is 0. The van der Waals surface area contributed by atoms with Gasteiger partial charge < -0.3 is 5.11 Å². The molecule has 0 unspecified atom stereocenters. The van der Waals surface area contributed by atoms with Crippen molar-refractivity contribution in [3.63, 3.8) is 0 Å². The quantitative estimate of drug-likeness (QED) is 0.505. The topological polar surface area (TPSA) is 103 Å². The maximum atomic E-state index is 14.5. The smallest absolute Gasteiger partial charge is 0.325 e. The van der Waals surface area contributed by atoms with Crippen LogP contribution in [0.25, 0.3) is 22.2 Å². The Hall–Kier alpha value is -3.88. The highest BCUT2D eigenvalue weighted by Crippen LogP contribution is 2.21. The van der Waals surface area contributed by atoms with Gasteiger partial charge in [0.05, 0.1) is 17.4 Å². The zero-order valence-electron chi connectivity index (χ0n) is 15.4. The van der Waals surface area contributed by atoms with Gasteiger partial charge in [-0.3, -0.25) is 19.0 Å². The number of hydrogen-bond donors (Lipinski definition) is 1. The van der Waals surface area contributed by atoms with Gasteiger partial charge >= 0.3 is 5.97 Å².